The molecule has 0 unspecified atom stereocenters. The molecule has 1 aromatic carbocycles. The fourth-order valence-corrected chi connectivity index (χ4v) is 4.58. The summed E-state index contributed by atoms with van der Waals surface area (Å²) < 4.78 is 4.41. The quantitative estimate of drug-likeness (QED) is 0.499. The molecule has 0 radical (unpaired) electrons. The lowest BCUT2D eigenvalue weighted by atomic mass is 10.1. The fraction of sp³-hybridized carbons (Fsp3) is 0.476. The number of aromatic amines is 1. The van der Waals surface area contributed by atoms with E-state index in [2.05, 4.69) is 72.7 Å². The molecule has 0 spiro atoms. The minimum atomic E-state index is 0.865. The number of rotatable bonds is 5. The Morgan fingerprint density at radius 1 is 1.28 bits per heavy atom. The Balaban J connectivity index is 1.29. The van der Waals surface area contributed by atoms with Crippen molar-refractivity contribution < 1.29 is 0 Å². The van der Waals surface area contributed by atoms with Crippen LogP contribution in [0, 0.1) is 6.92 Å². The maximum absolute atomic E-state index is 4.62. The monoisotopic (exact) mass is 411 g/mol. The van der Waals surface area contributed by atoms with Gasteiger partial charge in [0.05, 0.1) is 0 Å². The molecule has 29 heavy (non-hydrogen) atoms. The molecule has 3 aromatic rings. The van der Waals surface area contributed by atoms with Gasteiger partial charge in [0.15, 0.2) is 5.96 Å². The molecule has 0 saturated carbocycles. The topological polar surface area (TPSA) is 72.4 Å². The number of piperazine rings is 1. The summed E-state index contributed by atoms with van der Waals surface area (Å²) in [6, 6.07) is 6.58. The highest BCUT2D eigenvalue weighted by Crippen LogP contribution is 2.20. The van der Waals surface area contributed by atoms with Crippen molar-refractivity contribution in [3.8, 4) is 0 Å². The summed E-state index contributed by atoms with van der Waals surface area (Å²) in [5, 5.41) is 5.89. The number of aromatic nitrogens is 3. The van der Waals surface area contributed by atoms with Gasteiger partial charge in [-0.2, -0.15) is 4.37 Å². The molecule has 1 aliphatic heterocycles. The second kappa shape index (κ2) is 8.82. The van der Waals surface area contributed by atoms with Crippen LogP contribution < -0.4 is 10.2 Å². The highest BCUT2D eigenvalue weighted by atomic mass is 32.1. The van der Waals surface area contributed by atoms with Crippen molar-refractivity contribution in [1.29, 1.82) is 0 Å². The van der Waals surface area contributed by atoms with Gasteiger partial charge in [-0.05, 0) is 30.5 Å². The number of nitrogens with zero attached hydrogens (tertiary/aromatic N) is 5. The SMILES string of the molecule is CCc1nsc(N2CCN(C(=NC)NCCc3c[nH]c4cc(C)ccc34)CC2)n1. The number of anilines is 1. The van der Waals surface area contributed by atoms with E-state index in [1.165, 1.54) is 33.6 Å². The largest absolute Gasteiger partial charge is 0.361 e. The third-order valence-electron chi connectivity index (χ3n) is 5.44. The van der Waals surface area contributed by atoms with Crippen molar-refractivity contribution >= 4 is 33.5 Å². The lowest BCUT2D eigenvalue weighted by molar-refractivity contribution is 0.372. The van der Waals surface area contributed by atoms with E-state index in [0.29, 0.717) is 0 Å². The first-order chi connectivity index (χ1) is 14.2. The summed E-state index contributed by atoms with van der Waals surface area (Å²) in [7, 11) is 1.86. The Morgan fingerprint density at radius 2 is 2.10 bits per heavy atom. The number of fused-ring (bicyclic) bond motifs is 1. The zero-order chi connectivity index (χ0) is 20.2. The number of benzene rings is 1. The van der Waals surface area contributed by atoms with Crippen molar-refractivity contribution in [2.75, 3.05) is 44.7 Å². The Morgan fingerprint density at radius 3 is 2.83 bits per heavy atom. The Bertz CT molecular complexity index is 982. The number of hydrogen-bond donors (Lipinski definition) is 2. The maximum Gasteiger partial charge on any atom is 0.205 e. The van der Waals surface area contributed by atoms with Gasteiger partial charge in [-0.25, -0.2) is 4.98 Å². The van der Waals surface area contributed by atoms with Gasteiger partial charge in [-0.15, -0.1) is 0 Å². The summed E-state index contributed by atoms with van der Waals surface area (Å²) >= 11 is 1.51. The van der Waals surface area contributed by atoms with Gasteiger partial charge in [0.1, 0.15) is 5.82 Å². The lowest BCUT2D eigenvalue weighted by Crippen LogP contribution is -2.52. The molecule has 8 heteroatoms. The average molecular weight is 412 g/mol. The molecular weight excluding hydrogens is 382 g/mol. The number of guanidine groups is 1. The van der Waals surface area contributed by atoms with E-state index in [4.69, 9.17) is 0 Å². The second-order valence-corrected chi connectivity index (χ2v) is 8.14. The molecule has 4 rings (SSSR count). The number of aliphatic imine (C=N–C) groups is 1. The summed E-state index contributed by atoms with van der Waals surface area (Å²) in [5.74, 6) is 1.92. The first-order valence-electron chi connectivity index (χ1n) is 10.3. The zero-order valence-corrected chi connectivity index (χ0v) is 18.2. The van der Waals surface area contributed by atoms with Gasteiger partial charge in [-0.3, -0.25) is 4.99 Å². The highest BCUT2D eigenvalue weighted by Gasteiger charge is 2.22. The van der Waals surface area contributed by atoms with Crippen LogP contribution >= 0.6 is 11.5 Å². The zero-order valence-electron chi connectivity index (χ0n) is 17.4. The minimum absolute atomic E-state index is 0.865. The summed E-state index contributed by atoms with van der Waals surface area (Å²) in [6.07, 6.45) is 3.98. The first-order valence-corrected chi connectivity index (χ1v) is 11.0. The smallest absolute Gasteiger partial charge is 0.205 e. The van der Waals surface area contributed by atoms with Crippen molar-refractivity contribution in [1.82, 2.24) is 24.6 Å². The van der Waals surface area contributed by atoms with Crippen LogP contribution in [0.4, 0.5) is 5.13 Å². The second-order valence-electron chi connectivity index (χ2n) is 7.41. The van der Waals surface area contributed by atoms with Gasteiger partial charge < -0.3 is 20.1 Å². The highest BCUT2D eigenvalue weighted by molar-refractivity contribution is 7.09. The molecule has 154 valence electrons. The molecule has 1 aliphatic rings. The van der Waals surface area contributed by atoms with E-state index >= 15 is 0 Å². The van der Waals surface area contributed by atoms with Crippen LogP contribution in [0.25, 0.3) is 10.9 Å². The fourth-order valence-electron chi connectivity index (χ4n) is 3.77. The van der Waals surface area contributed by atoms with E-state index in [9.17, 15) is 0 Å². The van der Waals surface area contributed by atoms with Gasteiger partial charge in [0.2, 0.25) is 5.13 Å². The van der Waals surface area contributed by atoms with Crippen molar-refractivity contribution in [3.05, 3.63) is 41.3 Å². The average Bonchev–Trinajstić information content (AvgIpc) is 3.38. The van der Waals surface area contributed by atoms with E-state index in [1.807, 2.05) is 7.05 Å². The van der Waals surface area contributed by atoms with Gasteiger partial charge in [0, 0.05) is 74.8 Å². The third-order valence-corrected chi connectivity index (χ3v) is 6.25. The molecule has 0 bridgehead atoms. The Kier molecular flexibility index (Phi) is 5.99. The van der Waals surface area contributed by atoms with E-state index in [-0.39, 0.29) is 0 Å². The molecular formula is C21H29N7S. The maximum atomic E-state index is 4.62. The van der Waals surface area contributed by atoms with Crippen LogP contribution in [0.15, 0.2) is 29.4 Å². The molecule has 0 atom stereocenters. The van der Waals surface area contributed by atoms with Crippen LogP contribution in [0.2, 0.25) is 0 Å². The van der Waals surface area contributed by atoms with E-state index in [1.54, 1.807) is 0 Å². The number of hydrogen-bond acceptors (Lipinski definition) is 5. The van der Waals surface area contributed by atoms with E-state index < -0.39 is 0 Å². The van der Waals surface area contributed by atoms with Crippen molar-refractivity contribution in [2.24, 2.45) is 4.99 Å². The van der Waals surface area contributed by atoms with E-state index in [0.717, 1.165) is 62.5 Å². The van der Waals surface area contributed by atoms with Gasteiger partial charge in [-0.1, -0.05) is 19.1 Å². The molecule has 2 aromatic heterocycles. The molecule has 1 saturated heterocycles. The molecule has 3 heterocycles. The summed E-state index contributed by atoms with van der Waals surface area (Å²) in [5.41, 5.74) is 3.84. The summed E-state index contributed by atoms with van der Waals surface area (Å²) in [4.78, 5) is 17.2. The molecule has 1 fully saturated rings. The molecule has 7 nitrogen and oxygen atoms in total. The number of H-pyrrole nitrogens is 1. The summed E-state index contributed by atoms with van der Waals surface area (Å²) in [6.45, 7) is 8.85. The van der Waals surface area contributed by atoms with Crippen LogP contribution in [0.3, 0.4) is 0 Å². The van der Waals surface area contributed by atoms with Crippen LogP contribution in [-0.2, 0) is 12.8 Å². The molecule has 2 N–H and O–H groups in total. The normalized spacial score (nSPS) is 15.3. The minimum Gasteiger partial charge on any atom is -0.361 e. The Labute approximate surface area is 176 Å². The Hall–Kier alpha value is -2.61. The predicted octanol–water partition coefficient (Wildman–Crippen LogP) is 2.83. The molecule has 0 amide bonds. The molecule has 0 aliphatic carbocycles. The van der Waals surface area contributed by atoms with Gasteiger partial charge >= 0.3 is 0 Å². The van der Waals surface area contributed by atoms with Crippen LogP contribution in [-0.4, -0.2) is 65.0 Å². The lowest BCUT2D eigenvalue weighted by Gasteiger charge is -2.36. The van der Waals surface area contributed by atoms with Gasteiger partial charge in [0.25, 0.3) is 0 Å². The van der Waals surface area contributed by atoms with Crippen molar-refractivity contribution in [3.63, 3.8) is 0 Å². The van der Waals surface area contributed by atoms with Crippen molar-refractivity contribution in [2.45, 2.75) is 26.7 Å². The standard InChI is InChI=1S/C21H29N7S/c1-4-19-25-21(29-26-19)28-11-9-27(10-12-28)20(22-3)23-8-7-16-14-24-18-13-15(2)5-6-17(16)18/h5-6,13-14,24H,4,7-12H2,1-3H3,(H,22,23). The predicted molar refractivity (Wildman–Crippen MR) is 121 cm³/mol. The first kappa shape index (κ1) is 19.7. The number of nitrogens with one attached hydrogen (secondary N) is 2. The van der Waals surface area contributed by atoms with Crippen LogP contribution in [0.1, 0.15) is 23.9 Å². The number of aryl methyl sites for hydroxylation is 2. The van der Waals surface area contributed by atoms with Crippen LogP contribution in [0.5, 0.6) is 0 Å². The third kappa shape index (κ3) is 4.37.